The smallest absolute Gasteiger partial charge is 0.303 e. The molecule has 0 aromatic rings. The van der Waals surface area contributed by atoms with E-state index >= 15 is 0 Å². The fourth-order valence-electron chi connectivity index (χ4n) is 2.69. The van der Waals surface area contributed by atoms with Crippen molar-refractivity contribution in [2.24, 2.45) is 0 Å². The van der Waals surface area contributed by atoms with Crippen LogP contribution in [0.2, 0.25) is 0 Å². The summed E-state index contributed by atoms with van der Waals surface area (Å²) in [6, 6.07) is 0. The molecule has 0 aromatic carbocycles. The van der Waals surface area contributed by atoms with Crippen LogP contribution in [0.1, 0.15) is 34.6 Å². The molecule has 1 aliphatic rings. The van der Waals surface area contributed by atoms with Crippen LogP contribution >= 0.6 is 15.9 Å². The van der Waals surface area contributed by atoms with E-state index in [0.717, 1.165) is 34.6 Å². The Balaban J connectivity index is 3.48. The predicted octanol–water partition coefficient (Wildman–Crippen LogP) is 0.398. The molecule has 1 aliphatic heterocycles. The fourth-order valence-corrected chi connectivity index (χ4v) is 3.47. The number of hydrogen-bond donors (Lipinski definition) is 0. The van der Waals surface area contributed by atoms with E-state index < -0.39 is 72.0 Å². The zero-order chi connectivity index (χ0) is 22.4. The van der Waals surface area contributed by atoms with Crippen molar-refractivity contribution in [3.8, 4) is 0 Å². The Kier molecular flexibility index (Phi) is 9.02. The average molecular weight is 483 g/mol. The third kappa shape index (κ3) is 7.28. The maximum atomic E-state index is 11.8. The van der Waals surface area contributed by atoms with Gasteiger partial charge in [0, 0.05) is 34.6 Å². The third-order valence-corrected chi connectivity index (χ3v) is 4.39. The number of hydrogen-bond acceptors (Lipinski definition) is 11. The van der Waals surface area contributed by atoms with Gasteiger partial charge in [-0.15, -0.1) is 0 Å². The highest BCUT2D eigenvalue weighted by molar-refractivity contribution is 9.09. The first-order valence-electron chi connectivity index (χ1n) is 8.48. The predicted molar refractivity (Wildman–Crippen MR) is 96.5 cm³/mol. The van der Waals surface area contributed by atoms with Gasteiger partial charge in [0.15, 0.2) is 28.9 Å². The summed E-state index contributed by atoms with van der Waals surface area (Å²) in [5.41, 5.74) is -1.76. The van der Waals surface area contributed by atoms with Gasteiger partial charge in [-0.25, -0.2) is 0 Å². The third-order valence-electron chi connectivity index (χ3n) is 3.68. The van der Waals surface area contributed by atoms with Crippen LogP contribution in [0.3, 0.4) is 0 Å². The van der Waals surface area contributed by atoms with Gasteiger partial charge in [-0.2, -0.15) is 0 Å². The summed E-state index contributed by atoms with van der Waals surface area (Å²) in [6.07, 6.45) is -4.02. The van der Waals surface area contributed by atoms with Crippen LogP contribution in [0.5, 0.6) is 0 Å². The maximum absolute atomic E-state index is 11.8. The summed E-state index contributed by atoms with van der Waals surface area (Å²) in [4.78, 5) is 57.8. The van der Waals surface area contributed by atoms with Gasteiger partial charge in [0.25, 0.3) is 0 Å². The molecule has 0 bridgehead atoms. The highest BCUT2D eigenvalue weighted by Crippen LogP contribution is 2.38. The van der Waals surface area contributed by atoms with Gasteiger partial charge in [0.2, 0.25) is 0 Å². The Hall–Kier alpha value is -2.21. The van der Waals surface area contributed by atoms with Crippen LogP contribution < -0.4 is 0 Å². The second kappa shape index (κ2) is 10.5. The number of carbonyl (C=O) groups excluding carboxylic acids is 5. The van der Waals surface area contributed by atoms with Crippen molar-refractivity contribution in [1.29, 1.82) is 0 Å². The molecule has 11 nitrogen and oxygen atoms in total. The number of esters is 5. The number of carbonyl (C=O) groups is 5. The lowest BCUT2D eigenvalue weighted by Crippen LogP contribution is -2.69. The molecule has 0 radical (unpaired) electrons. The molecule has 0 spiro atoms. The first-order valence-corrected chi connectivity index (χ1v) is 9.40. The first kappa shape index (κ1) is 24.8. The molecular formula is C17H23BrO11. The van der Waals surface area contributed by atoms with Crippen molar-refractivity contribution in [3.05, 3.63) is 0 Å². The summed E-state index contributed by atoms with van der Waals surface area (Å²) in [6.45, 7) is 4.58. The molecule has 29 heavy (non-hydrogen) atoms. The van der Waals surface area contributed by atoms with Crippen LogP contribution in [0.4, 0.5) is 0 Å². The van der Waals surface area contributed by atoms with E-state index in [1.54, 1.807) is 0 Å². The van der Waals surface area contributed by atoms with Crippen molar-refractivity contribution in [1.82, 2.24) is 0 Å². The molecule has 1 fully saturated rings. The summed E-state index contributed by atoms with van der Waals surface area (Å²) in [5, 5.41) is -1.09. The molecule has 1 saturated heterocycles. The van der Waals surface area contributed by atoms with Gasteiger partial charge < -0.3 is 28.4 Å². The lowest BCUT2D eigenvalue weighted by atomic mass is 9.87. The minimum Gasteiger partial charge on any atom is -0.462 e. The molecular weight excluding hydrogens is 460 g/mol. The summed E-state index contributed by atoms with van der Waals surface area (Å²) >= 11 is 3.18. The number of ether oxygens (including phenoxy) is 6. The molecule has 1 heterocycles. The van der Waals surface area contributed by atoms with E-state index in [9.17, 15) is 24.0 Å². The second-order valence-corrected chi connectivity index (χ2v) is 7.17. The zero-order valence-corrected chi connectivity index (χ0v) is 18.2. The molecule has 0 saturated carbocycles. The van der Waals surface area contributed by atoms with E-state index in [2.05, 4.69) is 15.9 Å². The highest BCUT2D eigenvalue weighted by Gasteiger charge is 2.60. The van der Waals surface area contributed by atoms with Gasteiger partial charge >= 0.3 is 29.8 Å². The molecule has 0 amide bonds. The van der Waals surface area contributed by atoms with E-state index in [0.29, 0.717) is 0 Å². The SMILES string of the molecule is CC(=O)OCC1(COC(C)=O)OC(Br)[C@H](OC(C)=O)[C@@H](OC(C)=O)[C@H]1OC(C)=O. The quantitative estimate of drug-likeness (QED) is 0.282. The van der Waals surface area contributed by atoms with Gasteiger partial charge in [0.05, 0.1) is 0 Å². The van der Waals surface area contributed by atoms with Crippen LogP contribution in [-0.2, 0) is 52.4 Å². The Morgan fingerprint density at radius 1 is 0.724 bits per heavy atom. The Bertz CT molecular complexity index is 644. The molecule has 0 N–H and O–H groups in total. The monoisotopic (exact) mass is 482 g/mol. The normalized spacial score (nSPS) is 25.3. The van der Waals surface area contributed by atoms with Crippen molar-refractivity contribution in [3.63, 3.8) is 0 Å². The first-order chi connectivity index (χ1) is 13.4. The number of rotatable bonds is 7. The Morgan fingerprint density at radius 3 is 1.52 bits per heavy atom. The van der Waals surface area contributed by atoms with Gasteiger partial charge in [0.1, 0.15) is 13.2 Å². The van der Waals surface area contributed by atoms with Gasteiger partial charge in [-0.3, -0.25) is 24.0 Å². The van der Waals surface area contributed by atoms with Crippen LogP contribution in [0.15, 0.2) is 0 Å². The van der Waals surface area contributed by atoms with Gasteiger partial charge in [-0.1, -0.05) is 15.9 Å². The van der Waals surface area contributed by atoms with Crippen LogP contribution in [-0.4, -0.2) is 72.0 Å². The number of alkyl halides is 1. The van der Waals surface area contributed by atoms with Crippen molar-refractivity contribution in [2.45, 2.75) is 63.5 Å². The molecule has 4 atom stereocenters. The lowest BCUT2D eigenvalue weighted by Gasteiger charge is -2.49. The summed E-state index contributed by atoms with van der Waals surface area (Å²) < 4.78 is 31.7. The molecule has 1 rings (SSSR count). The van der Waals surface area contributed by atoms with Crippen molar-refractivity contribution in [2.75, 3.05) is 13.2 Å². The minimum absolute atomic E-state index is 0.514. The van der Waals surface area contributed by atoms with Gasteiger partial charge in [-0.05, 0) is 0 Å². The molecule has 1 unspecified atom stereocenters. The summed E-state index contributed by atoms with van der Waals surface area (Å²) in [7, 11) is 0. The maximum Gasteiger partial charge on any atom is 0.303 e. The average Bonchev–Trinajstić information content (AvgIpc) is 2.56. The molecule has 164 valence electrons. The van der Waals surface area contributed by atoms with E-state index in [1.165, 1.54) is 0 Å². The largest absolute Gasteiger partial charge is 0.462 e. The Morgan fingerprint density at radius 2 is 1.14 bits per heavy atom. The van der Waals surface area contributed by atoms with Crippen LogP contribution in [0.25, 0.3) is 0 Å². The molecule has 12 heteroatoms. The Labute approximate surface area is 175 Å². The van der Waals surface area contributed by atoms with Crippen LogP contribution in [0, 0.1) is 0 Å². The highest BCUT2D eigenvalue weighted by atomic mass is 79.9. The van der Waals surface area contributed by atoms with Crippen molar-refractivity contribution < 1.29 is 52.4 Å². The second-order valence-electron chi connectivity index (χ2n) is 6.27. The standard InChI is InChI=1S/C17H23BrO11/c1-8(19)24-6-17(7-25-9(2)20)15(28-12(5)23)13(26-10(3)21)14(16(18)29-17)27-11(4)22/h13-16H,6-7H2,1-5H3/t13-,14-,15-,16?/m1/s1. The molecule has 0 aromatic heterocycles. The lowest BCUT2D eigenvalue weighted by molar-refractivity contribution is -0.280. The minimum atomic E-state index is -1.76. The van der Waals surface area contributed by atoms with E-state index in [4.69, 9.17) is 28.4 Å². The van der Waals surface area contributed by atoms with E-state index in [1.807, 2.05) is 0 Å². The fraction of sp³-hybridized carbons (Fsp3) is 0.706. The summed E-state index contributed by atoms with van der Waals surface area (Å²) in [5.74, 6) is -3.64. The zero-order valence-electron chi connectivity index (χ0n) is 16.6. The van der Waals surface area contributed by atoms with E-state index in [-0.39, 0.29) is 0 Å². The molecule has 0 aliphatic carbocycles. The number of halogens is 1. The topological polar surface area (TPSA) is 141 Å². The van der Waals surface area contributed by atoms with Crippen molar-refractivity contribution >= 4 is 45.8 Å².